The number of ether oxygens (including phenoxy) is 2. The zero-order valence-electron chi connectivity index (χ0n) is 16.3. The number of methoxy groups -OCH3 is 1. The van der Waals surface area contributed by atoms with E-state index < -0.39 is 0 Å². The summed E-state index contributed by atoms with van der Waals surface area (Å²) < 4.78 is 12.9. The van der Waals surface area contributed by atoms with Gasteiger partial charge >= 0.3 is 0 Å². The molecule has 3 aromatic rings. The van der Waals surface area contributed by atoms with E-state index in [1.807, 2.05) is 25.1 Å². The molecule has 0 aliphatic rings. The third-order valence-electron chi connectivity index (χ3n) is 4.38. The van der Waals surface area contributed by atoms with E-state index in [4.69, 9.17) is 14.7 Å². The molecule has 6 heteroatoms. The zero-order valence-corrected chi connectivity index (χ0v) is 16.3. The van der Waals surface area contributed by atoms with Crippen LogP contribution in [0.3, 0.4) is 0 Å². The Kier molecular flexibility index (Phi) is 6.43. The van der Waals surface area contributed by atoms with Crippen molar-refractivity contribution in [2.45, 2.75) is 20.1 Å². The van der Waals surface area contributed by atoms with E-state index in [-0.39, 0.29) is 5.78 Å². The number of nitriles is 1. The van der Waals surface area contributed by atoms with Crippen molar-refractivity contribution < 1.29 is 14.3 Å². The van der Waals surface area contributed by atoms with Crippen LogP contribution >= 0.6 is 0 Å². The summed E-state index contributed by atoms with van der Waals surface area (Å²) in [7, 11) is 1.60. The van der Waals surface area contributed by atoms with Crippen LogP contribution in [0.5, 0.6) is 11.5 Å². The lowest BCUT2D eigenvalue weighted by atomic mass is 10.1. The van der Waals surface area contributed by atoms with Crippen LogP contribution in [-0.2, 0) is 13.2 Å². The van der Waals surface area contributed by atoms with Gasteiger partial charge in [0.25, 0.3) is 0 Å². The number of carbonyl (C=O) groups is 1. The Balaban J connectivity index is 1.74. The number of allylic oxidation sites excluding steroid dienone is 1. The van der Waals surface area contributed by atoms with Crippen LogP contribution in [0.4, 0.5) is 0 Å². The number of hydrogen-bond acceptors (Lipinski definition) is 5. The van der Waals surface area contributed by atoms with Crippen molar-refractivity contribution in [3.05, 3.63) is 83.2 Å². The van der Waals surface area contributed by atoms with Crippen molar-refractivity contribution in [2.75, 3.05) is 7.11 Å². The largest absolute Gasteiger partial charge is 0.496 e. The Hall–Kier alpha value is -3.85. The summed E-state index contributed by atoms with van der Waals surface area (Å²) in [6, 6.07) is 16.4. The molecule has 0 aliphatic carbocycles. The van der Waals surface area contributed by atoms with Crippen molar-refractivity contribution in [3.8, 4) is 17.6 Å². The topological polar surface area (TPSA) is 77.1 Å². The molecule has 0 bridgehead atoms. The summed E-state index contributed by atoms with van der Waals surface area (Å²) in [6.07, 6.45) is 4.92. The predicted octanol–water partition coefficient (Wildman–Crippen LogP) is 4.26. The van der Waals surface area contributed by atoms with E-state index in [1.54, 1.807) is 54.4 Å². The first kappa shape index (κ1) is 19.9. The van der Waals surface area contributed by atoms with Crippen LogP contribution in [0.25, 0.3) is 6.08 Å². The van der Waals surface area contributed by atoms with Crippen molar-refractivity contribution in [3.63, 3.8) is 0 Å². The molecule has 1 aromatic heterocycles. The molecule has 1 heterocycles. The highest BCUT2D eigenvalue weighted by Gasteiger charge is 2.09. The number of nitrogens with zero attached hydrogens (tertiary/aromatic N) is 3. The minimum absolute atomic E-state index is 0.101. The maximum Gasteiger partial charge on any atom is 0.203 e. The second-order valence-electron chi connectivity index (χ2n) is 6.23. The number of aryl methyl sites for hydroxylation is 1. The molecule has 0 unspecified atom stereocenters. The first-order chi connectivity index (χ1) is 14.1. The molecule has 0 radical (unpaired) electrons. The first-order valence-corrected chi connectivity index (χ1v) is 9.18. The van der Waals surface area contributed by atoms with E-state index in [0.29, 0.717) is 35.9 Å². The predicted molar refractivity (Wildman–Crippen MR) is 110 cm³/mol. The van der Waals surface area contributed by atoms with Gasteiger partial charge in [0, 0.05) is 18.3 Å². The molecule has 0 saturated carbocycles. The summed E-state index contributed by atoms with van der Waals surface area (Å²) in [5.41, 5.74) is 2.85. The molecule has 0 amide bonds. The van der Waals surface area contributed by atoms with Gasteiger partial charge in [0.05, 0.1) is 18.7 Å². The van der Waals surface area contributed by atoms with E-state index in [2.05, 4.69) is 11.2 Å². The Morgan fingerprint density at radius 3 is 2.69 bits per heavy atom. The monoisotopic (exact) mass is 387 g/mol. The Morgan fingerprint density at radius 2 is 2.00 bits per heavy atom. The molecular formula is C23H21N3O3. The minimum Gasteiger partial charge on any atom is -0.496 e. The number of hydrogen-bond donors (Lipinski definition) is 0. The molecule has 0 atom stereocenters. The van der Waals surface area contributed by atoms with Crippen LogP contribution in [0.2, 0.25) is 0 Å². The van der Waals surface area contributed by atoms with Gasteiger partial charge in [-0.25, -0.2) is 0 Å². The fraction of sp³-hybridized carbons (Fsp3) is 0.174. The number of carbonyl (C=O) groups excluding carboxylic acids is 1. The van der Waals surface area contributed by atoms with Gasteiger partial charge in [0.1, 0.15) is 23.8 Å². The summed E-state index contributed by atoms with van der Waals surface area (Å²) in [5.74, 6) is 1.26. The Bertz CT molecular complexity index is 1060. The average molecular weight is 387 g/mol. The van der Waals surface area contributed by atoms with Gasteiger partial charge in [-0.2, -0.15) is 10.4 Å². The van der Waals surface area contributed by atoms with Crippen molar-refractivity contribution >= 4 is 11.9 Å². The lowest BCUT2D eigenvalue weighted by Crippen LogP contribution is -2.07. The van der Waals surface area contributed by atoms with Gasteiger partial charge in [-0.1, -0.05) is 12.1 Å². The first-order valence-electron chi connectivity index (χ1n) is 9.18. The molecule has 29 heavy (non-hydrogen) atoms. The second-order valence-corrected chi connectivity index (χ2v) is 6.23. The van der Waals surface area contributed by atoms with Crippen LogP contribution in [0.1, 0.15) is 34.1 Å². The second kappa shape index (κ2) is 9.38. The number of rotatable bonds is 8. The molecule has 0 spiro atoms. The lowest BCUT2D eigenvalue weighted by molar-refractivity contribution is 0.103. The van der Waals surface area contributed by atoms with Crippen LogP contribution in [-0.4, -0.2) is 22.7 Å². The smallest absolute Gasteiger partial charge is 0.203 e. The third-order valence-corrected chi connectivity index (χ3v) is 4.38. The molecule has 0 aliphatic heterocycles. The average Bonchev–Trinajstić information content (AvgIpc) is 3.25. The van der Waals surface area contributed by atoms with Crippen LogP contribution in [0.15, 0.2) is 60.8 Å². The highest BCUT2D eigenvalue weighted by molar-refractivity contribution is 6.05. The van der Waals surface area contributed by atoms with Gasteiger partial charge in [0.15, 0.2) is 0 Å². The Morgan fingerprint density at radius 1 is 1.21 bits per heavy atom. The standard InChI is InChI=1S/C23H21N3O3/c1-3-26-21(12-13-25-26)22(27)10-6-17-7-11-23(28-2)19(14-17)16-29-20-8-4-18(15-24)5-9-20/h4-14H,3,16H2,1-2H3/b10-6+. The third kappa shape index (κ3) is 4.90. The molecule has 0 saturated heterocycles. The quantitative estimate of drug-likeness (QED) is 0.426. The molecular weight excluding hydrogens is 366 g/mol. The van der Waals surface area contributed by atoms with Crippen molar-refractivity contribution in [1.29, 1.82) is 5.26 Å². The van der Waals surface area contributed by atoms with Gasteiger partial charge in [-0.15, -0.1) is 0 Å². The fourth-order valence-electron chi connectivity index (χ4n) is 2.85. The molecule has 146 valence electrons. The van der Waals surface area contributed by atoms with Crippen LogP contribution in [0, 0.1) is 11.3 Å². The summed E-state index contributed by atoms with van der Waals surface area (Å²) in [5, 5.41) is 13.0. The SMILES string of the molecule is CCn1nccc1C(=O)/C=C/c1ccc(OC)c(COc2ccc(C#N)cc2)c1. The molecule has 3 rings (SSSR count). The summed E-state index contributed by atoms with van der Waals surface area (Å²) >= 11 is 0. The van der Waals surface area contributed by atoms with Gasteiger partial charge in [0.2, 0.25) is 5.78 Å². The van der Waals surface area contributed by atoms with Crippen molar-refractivity contribution in [2.24, 2.45) is 0 Å². The zero-order chi connectivity index (χ0) is 20.6. The minimum atomic E-state index is -0.101. The number of benzene rings is 2. The van der Waals surface area contributed by atoms with Gasteiger partial charge in [-0.05, 0) is 61.0 Å². The molecule has 6 nitrogen and oxygen atoms in total. The van der Waals surface area contributed by atoms with E-state index in [1.165, 1.54) is 6.08 Å². The van der Waals surface area contributed by atoms with Crippen molar-refractivity contribution in [1.82, 2.24) is 9.78 Å². The van der Waals surface area contributed by atoms with Gasteiger partial charge in [-0.3, -0.25) is 9.48 Å². The number of aromatic nitrogens is 2. The Labute approximate surface area is 169 Å². The lowest BCUT2D eigenvalue weighted by Gasteiger charge is -2.11. The van der Waals surface area contributed by atoms with E-state index in [0.717, 1.165) is 11.1 Å². The fourth-order valence-corrected chi connectivity index (χ4v) is 2.85. The molecule has 0 N–H and O–H groups in total. The normalized spacial score (nSPS) is 10.7. The highest BCUT2D eigenvalue weighted by atomic mass is 16.5. The molecule has 2 aromatic carbocycles. The van der Waals surface area contributed by atoms with E-state index >= 15 is 0 Å². The number of ketones is 1. The van der Waals surface area contributed by atoms with Gasteiger partial charge < -0.3 is 9.47 Å². The summed E-state index contributed by atoms with van der Waals surface area (Å²) in [4.78, 5) is 12.4. The maximum absolute atomic E-state index is 12.4. The maximum atomic E-state index is 12.4. The van der Waals surface area contributed by atoms with Crippen LogP contribution < -0.4 is 9.47 Å². The highest BCUT2D eigenvalue weighted by Crippen LogP contribution is 2.23. The van der Waals surface area contributed by atoms with E-state index in [9.17, 15) is 4.79 Å². The summed E-state index contributed by atoms with van der Waals surface area (Å²) in [6.45, 7) is 2.88. The molecule has 0 fully saturated rings.